The van der Waals surface area contributed by atoms with Crippen LogP contribution in [-0.2, 0) is 42.9 Å². The summed E-state index contributed by atoms with van der Waals surface area (Å²) in [5.74, 6) is -3.25. The standard InChI is InChI=1S/C69H106O12/c1-4-7-10-13-16-19-22-25-28-30-31-33-35-37-40-43-46-49-52-55-61(70)77-58-60(79-62(71)56-53-50-47-44-41-38-34-27-24-21-18-15-12-9-6-3)59-78-69-67(65(74)64(73)66(81-69)68(75)76)80-63(72)57-54-51-48-45-42-39-36-32-29-26-23-20-17-14-11-8-5-2/h7-12,16-21,25-29,31,33-34,36,39,41,44,60,64-67,69,73-74H,4-6,13-15,22-24,30,32,35,37-38,40,42-43,45-59H2,1-3H3,(H,75,76)/b10-7-,11-8-,12-9-,19-16-,20-17-,21-18-,28-25-,29-26-,33-31-,34-27-,39-36-,44-41-. The van der Waals surface area contributed by atoms with Crippen LogP contribution < -0.4 is 0 Å². The second kappa shape index (κ2) is 55.2. The lowest BCUT2D eigenvalue weighted by atomic mass is 9.98. The molecule has 0 radical (unpaired) electrons. The zero-order chi connectivity index (χ0) is 58.9. The van der Waals surface area contributed by atoms with E-state index in [-0.39, 0.29) is 25.9 Å². The average molecular weight is 1130 g/mol. The number of carboxylic acids is 1. The van der Waals surface area contributed by atoms with Crippen LogP contribution in [0.5, 0.6) is 0 Å². The highest BCUT2D eigenvalue weighted by atomic mass is 16.7. The van der Waals surface area contributed by atoms with Gasteiger partial charge in [0.1, 0.15) is 18.8 Å². The van der Waals surface area contributed by atoms with Gasteiger partial charge in [-0.05, 0) is 135 Å². The number of carbonyl (C=O) groups excluding carboxylic acids is 3. The predicted molar refractivity (Wildman–Crippen MR) is 330 cm³/mol. The third-order valence-corrected chi connectivity index (χ3v) is 12.9. The van der Waals surface area contributed by atoms with Gasteiger partial charge in [0.15, 0.2) is 24.6 Å². The van der Waals surface area contributed by atoms with Crippen molar-refractivity contribution < 1.29 is 58.2 Å². The molecule has 1 rings (SSSR count). The van der Waals surface area contributed by atoms with Crippen molar-refractivity contribution in [2.75, 3.05) is 13.2 Å². The highest BCUT2D eigenvalue weighted by Crippen LogP contribution is 2.26. The van der Waals surface area contributed by atoms with Crippen LogP contribution in [0.1, 0.15) is 213 Å². The Balaban J connectivity index is 2.73. The lowest BCUT2D eigenvalue weighted by molar-refractivity contribution is -0.301. The third kappa shape index (κ3) is 44.9. The molecule has 12 heteroatoms. The van der Waals surface area contributed by atoms with Gasteiger partial charge < -0.3 is 39.0 Å². The maximum Gasteiger partial charge on any atom is 0.335 e. The Labute approximate surface area is 489 Å². The molecule has 12 nitrogen and oxygen atoms in total. The number of esters is 3. The van der Waals surface area contributed by atoms with Crippen molar-refractivity contribution in [1.29, 1.82) is 0 Å². The van der Waals surface area contributed by atoms with E-state index < -0.39 is 67.3 Å². The van der Waals surface area contributed by atoms with Crippen molar-refractivity contribution >= 4 is 23.9 Å². The average Bonchev–Trinajstić information content (AvgIpc) is 3.53. The molecule has 1 heterocycles. The molecule has 0 spiro atoms. The molecule has 0 aromatic heterocycles. The summed E-state index contributed by atoms with van der Waals surface area (Å²) in [6.07, 6.45) is 66.6. The molecule has 3 N–H and O–H groups in total. The van der Waals surface area contributed by atoms with Gasteiger partial charge in [0.25, 0.3) is 0 Å². The summed E-state index contributed by atoms with van der Waals surface area (Å²) < 4.78 is 28.4. The van der Waals surface area contributed by atoms with Crippen molar-refractivity contribution in [1.82, 2.24) is 0 Å². The number of carbonyl (C=O) groups is 4. The molecule has 0 aromatic rings. The molecular formula is C69H106O12. The van der Waals surface area contributed by atoms with Crippen molar-refractivity contribution in [2.45, 2.75) is 250 Å². The first-order valence-electron chi connectivity index (χ1n) is 30.8. The number of unbranched alkanes of at least 4 members (excludes halogenated alkanes) is 12. The fourth-order valence-corrected chi connectivity index (χ4v) is 8.28. The number of aliphatic carboxylic acids is 1. The van der Waals surface area contributed by atoms with Gasteiger partial charge in [-0.2, -0.15) is 0 Å². The smallest absolute Gasteiger partial charge is 0.335 e. The number of aliphatic hydroxyl groups is 2. The second-order valence-corrected chi connectivity index (χ2v) is 20.2. The van der Waals surface area contributed by atoms with E-state index in [1.165, 1.54) is 0 Å². The van der Waals surface area contributed by atoms with Gasteiger partial charge in [0, 0.05) is 19.3 Å². The van der Waals surface area contributed by atoms with E-state index in [2.05, 4.69) is 167 Å². The molecule has 1 fully saturated rings. The maximum absolute atomic E-state index is 13.2. The quantitative estimate of drug-likeness (QED) is 0.0228. The minimum absolute atomic E-state index is 0.0174. The van der Waals surface area contributed by atoms with E-state index >= 15 is 0 Å². The number of rotatable bonds is 50. The summed E-state index contributed by atoms with van der Waals surface area (Å²) >= 11 is 0. The molecule has 0 bridgehead atoms. The molecule has 1 aliphatic rings. The van der Waals surface area contributed by atoms with Crippen molar-refractivity contribution in [3.05, 3.63) is 146 Å². The molecule has 0 amide bonds. The van der Waals surface area contributed by atoms with Crippen molar-refractivity contribution in [3.63, 3.8) is 0 Å². The maximum atomic E-state index is 13.2. The third-order valence-electron chi connectivity index (χ3n) is 12.9. The molecule has 454 valence electrons. The Morgan fingerprint density at radius 1 is 0.407 bits per heavy atom. The molecule has 0 aliphatic carbocycles. The number of aliphatic hydroxyl groups excluding tert-OH is 2. The number of hydrogen-bond acceptors (Lipinski definition) is 11. The zero-order valence-corrected chi connectivity index (χ0v) is 50.0. The van der Waals surface area contributed by atoms with Gasteiger partial charge in [-0.15, -0.1) is 0 Å². The summed E-state index contributed by atoms with van der Waals surface area (Å²) in [7, 11) is 0. The van der Waals surface area contributed by atoms with Crippen LogP contribution in [0.2, 0.25) is 0 Å². The summed E-state index contributed by atoms with van der Waals surface area (Å²) in [6, 6.07) is 0. The van der Waals surface area contributed by atoms with Gasteiger partial charge >= 0.3 is 23.9 Å². The van der Waals surface area contributed by atoms with E-state index in [1.54, 1.807) is 0 Å². The van der Waals surface area contributed by atoms with E-state index in [1.807, 2.05) is 0 Å². The Morgan fingerprint density at radius 2 is 0.741 bits per heavy atom. The largest absolute Gasteiger partial charge is 0.479 e. The normalized spacial score (nSPS) is 18.8. The van der Waals surface area contributed by atoms with Crippen molar-refractivity contribution in [2.24, 2.45) is 0 Å². The summed E-state index contributed by atoms with van der Waals surface area (Å²) in [4.78, 5) is 51.2. The molecule has 1 aliphatic heterocycles. The van der Waals surface area contributed by atoms with E-state index in [0.717, 1.165) is 154 Å². The molecule has 6 atom stereocenters. The lowest BCUT2D eigenvalue weighted by Gasteiger charge is -2.40. The van der Waals surface area contributed by atoms with Crippen LogP contribution in [0, 0.1) is 0 Å². The molecule has 6 unspecified atom stereocenters. The molecule has 0 aromatic carbocycles. The van der Waals surface area contributed by atoms with Crippen LogP contribution in [0.15, 0.2) is 146 Å². The van der Waals surface area contributed by atoms with Crippen LogP contribution in [0.4, 0.5) is 0 Å². The van der Waals surface area contributed by atoms with Gasteiger partial charge in [-0.3, -0.25) is 14.4 Å². The zero-order valence-electron chi connectivity index (χ0n) is 50.0. The van der Waals surface area contributed by atoms with Gasteiger partial charge in [0.05, 0.1) is 6.61 Å². The first kappa shape index (κ1) is 73.6. The SMILES string of the molecule is CC/C=C\C/C=C\C/C=C\C/C=C\CCCCCCCCC(=O)OCC(COC1OC(C(=O)O)C(O)C(O)C1OC(=O)CCCCCC/C=C\C/C=C\C/C=C\C/C=C\CC)OC(=O)CCCC/C=C\C/C=C\C/C=C\C/C=C\CC. The Bertz CT molecular complexity index is 1960. The first-order chi connectivity index (χ1) is 39.6. The van der Waals surface area contributed by atoms with E-state index in [0.29, 0.717) is 19.3 Å². The van der Waals surface area contributed by atoms with E-state index in [4.69, 9.17) is 23.7 Å². The lowest BCUT2D eigenvalue weighted by Crippen LogP contribution is -2.61. The van der Waals surface area contributed by atoms with Crippen LogP contribution >= 0.6 is 0 Å². The fourth-order valence-electron chi connectivity index (χ4n) is 8.28. The minimum atomic E-state index is -1.93. The molecule has 81 heavy (non-hydrogen) atoms. The van der Waals surface area contributed by atoms with Crippen LogP contribution in [-0.4, -0.2) is 89.2 Å². The number of ether oxygens (including phenoxy) is 5. The molecular weight excluding hydrogens is 1020 g/mol. The van der Waals surface area contributed by atoms with Crippen molar-refractivity contribution in [3.8, 4) is 0 Å². The highest BCUT2D eigenvalue weighted by Gasteiger charge is 2.50. The molecule has 1 saturated heterocycles. The Kier molecular flexibility index (Phi) is 50.1. The fraction of sp³-hybridized carbons (Fsp3) is 0.594. The monoisotopic (exact) mass is 1130 g/mol. The topological polar surface area (TPSA) is 175 Å². The Morgan fingerprint density at radius 3 is 1.15 bits per heavy atom. The predicted octanol–water partition coefficient (Wildman–Crippen LogP) is 16.3. The summed E-state index contributed by atoms with van der Waals surface area (Å²) in [5.41, 5.74) is 0. The van der Waals surface area contributed by atoms with E-state index in [9.17, 15) is 34.5 Å². The summed E-state index contributed by atoms with van der Waals surface area (Å²) in [6.45, 7) is 5.59. The molecule has 0 saturated carbocycles. The van der Waals surface area contributed by atoms with Gasteiger partial charge in [0.2, 0.25) is 0 Å². The number of allylic oxidation sites excluding steroid dienone is 24. The summed E-state index contributed by atoms with van der Waals surface area (Å²) in [5, 5.41) is 31.5. The second-order valence-electron chi connectivity index (χ2n) is 20.2. The first-order valence-corrected chi connectivity index (χ1v) is 30.8. The number of hydrogen-bond donors (Lipinski definition) is 3. The highest BCUT2D eigenvalue weighted by molar-refractivity contribution is 5.74. The van der Waals surface area contributed by atoms with Gasteiger partial charge in [-0.1, -0.05) is 205 Å². The Hall–Kier alpha value is -5.40. The number of carboxylic acid groups (broad SMARTS) is 1. The minimum Gasteiger partial charge on any atom is -0.479 e. The van der Waals surface area contributed by atoms with Gasteiger partial charge in [-0.25, -0.2) is 4.79 Å². The van der Waals surface area contributed by atoms with Crippen LogP contribution in [0.3, 0.4) is 0 Å². The van der Waals surface area contributed by atoms with Crippen LogP contribution in [0.25, 0.3) is 0 Å².